The van der Waals surface area contributed by atoms with Gasteiger partial charge in [0.15, 0.2) is 5.82 Å². The molecule has 2 aromatic rings. The highest BCUT2D eigenvalue weighted by Crippen LogP contribution is 2.38. The van der Waals surface area contributed by atoms with Crippen LogP contribution < -0.4 is 11.3 Å². The van der Waals surface area contributed by atoms with Gasteiger partial charge in [-0.3, -0.25) is 0 Å². The summed E-state index contributed by atoms with van der Waals surface area (Å²) in [6, 6.07) is 0. The average molecular weight is 323 g/mol. The number of rotatable bonds is 5. The van der Waals surface area contributed by atoms with E-state index in [1.165, 1.54) is 36.1 Å². The van der Waals surface area contributed by atoms with E-state index in [4.69, 9.17) is 10.8 Å². The van der Waals surface area contributed by atoms with Crippen LogP contribution >= 0.6 is 23.1 Å². The quantitative estimate of drug-likeness (QED) is 0.646. The Morgan fingerprint density at radius 3 is 2.90 bits per heavy atom. The molecule has 0 saturated heterocycles. The molecule has 1 aliphatic rings. The van der Waals surface area contributed by atoms with Gasteiger partial charge in [0, 0.05) is 10.1 Å². The number of hydrogen-bond donors (Lipinski definition) is 2. The van der Waals surface area contributed by atoms with Crippen LogP contribution in [-0.4, -0.2) is 15.2 Å². The Kier molecular flexibility index (Phi) is 4.66. The molecule has 2 aromatic heterocycles. The van der Waals surface area contributed by atoms with E-state index in [1.54, 1.807) is 0 Å². The van der Waals surface area contributed by atoms with Crippen molar-refractivity contribution in [3.05, 3.63) is 16.3 Å². The maximum Gasteiger partial charge on any atom is 0.152 e. The third-order valence-corrected chi connectivity index (χ3v) is 6.58. The first-order chi connectivity index (χ1) is 10.2. The van der Waals surface area contributed by atoms with Crippen LogP contribution in [0.5, 0.6) is 0 Å². The molecule has 1 atom stereocenters. The lowest BCUT2D eigenvalue weighted by atomic mass is 9.97. The van der Waals surface area contributed by atoms with Crippen molar-refractivity contribution >= 4 is 39.1 Å². The first-order valence-electron chi connectivity index (χ1n) is 7.62. The fraction of sp³-hybridized carbons (Fsp3) is 0.600. The van der Waals surface area contributed by atoms with Crippen molar-refractivity contribution < 1.29 is 0 Å². The minimum atomic E-state index is 0.634. The Balaban J connectivity index is 1.97. The largest absolute Gasteiger partial charge is 0.308 e. The number of aromatic nitrogens is 2. The number of fused-ring (bicyclic) bond motifs is 3. The number of thiophene rings is 1. The Labute approximate surface area is 133 Å². The van der Waals surface area contributed by atoms with Gasteiger partial charge in [-0.25, -0.2) is 15.8 Å². The topological polar surface area (TPSA) is 63.8 Å². The van der Waals surface area contributed by atoms with Crippen molar-refractivity contribution in [2.45, 2.75) is 57.0 Å². The number of hydrogen-bond acceptors (Lipinski definition) is 6. The van der Waals surface area contributed by atoms with Gasteiger partial charge >= 0.3 is 0 Å². The summed E-state index contributed by atoms with van der Waals surface area (Å²) in [6.45, 7) is 4.46. The molecule has 0 fully saturated rings. The molecule has 0 amide bonds. The molecule has 1 unspecified atom stereocenters. The summed E-state index contributed by atoms with van der Waals surface area (Å²) in [5, 5.41) is 1.80. The minimum absolute atomic E-state index is 0.634. The maximum absolute atomic E-state index is 5.72. The summed E-state index contributed by atoms with van der Waals surface area (Å²) >= 11 is 3.73. The van der Waals surface area contributed by atoms with Crippen LogP contribution in [0, 0.1) is 0 Å². The van der Waals surface area contributed by atoms with Crippen LogP contribution in [0.3, 0.4) is 0 Å². The Morgan fingerprint density at radius 2 is 2.14 bits per heavy atom. The number of nitrogens with two attached hydrogens (primary N) is 1. The summed E-state index contributed by atoms with van der Waals surface area (Å²) in [4.78, 5) is 12.0. The molecular formula is C15H22N4S2. The van der Waals surface area contributed by atoms with Gasteiger partial charge in [-0.05, 0) is 37.7 Å². The van der Waals surface area contributed by atoms with Gasteiger partial charge in [-0.2, -0.15) is 11.8 Å². The van der Waals surface area contributed by atoms with Gasteiger partial charge in [0.1, 0.15) is 10.7 Å². The lowest BCUT2D eigenvalue weighted by molar-refractivity contribution is 0.700. The van der Waals surface area contributed by atoms with Gasteiger partial charge in [0.05, 0.1) is 11.1 Å². The van der Waals surface area contributed by atoms with Crippen molar-refractivity contribution in [3.63, 3.8) is 0 Å². The van der Waals surface area contributed by atoms with Crippen molar-refractivity contribution in [1.29, 1.82) is 0 Å². The molecule has 2 heterocycles. The standard InChI is InChI=1S/C15H22N4S2/c1-3-9(2)20-8-12-17-14(19-16)13-10-6-4-5-7-11(10)21-15(13)18-12/h9H,3-8,16H2,1-2H3,(H,17,18,19). The molecular weight excluding hydrogens is 300 g/mol. The highest BCUT2D eigenvalue weighted by Gasteiger charge is 2.20. The average Bonchev–Trinajstić information content (AvgIpc) is 2.90. The second kappa shape index (κ2) is 6.50. The van der Waals surface area contributed by atoms with E-state index in [9.17, 15) is 0 Å². The Bertz CT molecular complexity index is 638. The SMILES string of the molecule is CCC(C)SCc1nc(NN)c2c3c(sc2n1)CCCC3. The molecule has 0 aliphatic heterocycles. The number of aryl methyl sites for hydroxylation is 2. The van der Waals surface area contributed by atoms with E-state index in [-0.39, 0.29) is 0 Å². The number of nitrogen functional groups attached to an aromatic ring is 1. The monoisotopic (exact) mass is 322 g/mol. The molecule has 0 aromatic carbocycles. The van der Waals surface area contributed by atoms with E-state index in [2.05, 4.69) is 24.3 Å². The fourth-order valence-corrected chi connectivity index (χ4v) is 4.78. The molecule has 4 nitrogen and oxygen atoms in total. The van der Waals surface area contributed by atoms with Crippen LogP contribution in [0.1, 0.15) is 49.4 Å². The lowest BCUT2D eigenvalue weighted by Gasteiger charge is -2.12. The van der Waals surface area contributed by atoms with Crippen LogP contribution in [0.4, 0.5) is 5.82 Å². The highest BCUT2D eigenvalue weighted by atomic mass is 32.2. The Morgan fingerprint density at radius 1 is 1.33 bits per heavy atom. The first-order valence-corrected chi connectivity index (χ1v) is 9.48. The second-order valence-electron chi connectivity index (χ2n) is 5.55. The lowest BCUT2D eigenvalue weighted by Crippen LogP contribution is -2.11. The summed E-state index contributed by atoms with van der Waals surface area (Å²) in [5.74, 6) is 8.26. The minimum Gasteiger partial charge on any atom is -0.308 e. The zero-order chi connectivity index (χ0) is 14.8. The summed E-state index contributed by atoms with van der Waals surface area (Å²) in [7, 11) is 0. The molecule has 0 bridgehead atoms. The van der Waals surface area contributed by atoms with E-state index >= 15 is 0 Å². The van der Waals surface area contributed by atoms with E-state index < -0.39 is 0 Å². The van der Waals surface area contributed by atoms with Crippen molar-refractivity contribution in [3.8, 4) is 0 Å². The zero-order valence-electron chi connectivity index (χ0n) is 12.6. The van der Waals surface area contributed by atoms with Crippen molar-refractivity contribution in [1.82, 2.24) is 9.97 Å². The third-order valence-electron chi connectivity index (χ3n) is 4.07. The van der Waals surface area contributed by atoms with Crippen LogP contribution in [0.25, 0.3) is 10.2 Å². The fourth-order valence-electron chi connectivity index (χ4n) is 2.71. The van der Waals surface area contributed by atoms with Crippen molar-refractivity contribution in [2.24, 2.45) is 5.84 Å². The highest BCUT2D eigenvalue weighted by molar-refractivity contribution is 7.99. The molecule has 21 heavy (non-hydrogen) atoms. The predicted molar refractivity (Wildman–Crippen MR) is 92.9 cm³/mol. The molecule has 0 radical (unpaired) electrons. The predicted octanol–water partition coefficient (Wildman–Crippen LogP) is 3.89. The second-order valence-corrected chi connectivity index (χ2v) is 8.06. The van der Waals surface area contributed by atoms with Gasteiger partial charge in [-0.1, -0.05) is 13.8 Å². The van der Waals surface area contributed by atoms with Gasteiger partial charge in [0.2, 0.25) is 0 Å². The van der Waals surface area contributed by atoms with Gasteiger partial charge in [-0.15, -0.1) is 11.3 Å². The molecule has 6 heteroatoms. The maximum atomic E-state index is 5.72. The van der Waals surface area contributed by atoms with Crippen LogP contribution in [-0.2, 0) is 18.6 Å². The first kappa shape index (κ1) is 15.1. The zero-order valence-corrected chi connectivity index (χ0v) is 14.2. The molecule has 3 N–H and O–H groups in total. The van der Waals surface area contributed by atoms with E-state index in [1.807, 2.05) is 23.1 Å². The normalized spacial score (nSPS) is 16.0. The third kappa shape index (κ3) is 3.03. The van der Waals surface area contributed by atoms with Gasteiger partial charge in [0.25, 0.3) is 0 Å². The number of anilines is 1. The van der Waals surface area contributed by atoms with E-state index in [0.717, 1.165) is 34.0 Å². The number of nitrogens with zero attached hydrogens (tertiary/aromatic N) is 2. The number of nitrogens with one attached hydrogen (secondary N) is 1. The summed E-state index contributed by atoms with van der Waals surface area (Å²) in [6.07, 6.45) is 6.03. The summed E-state index contributed by atoms with van der Waals surface area (Å²) < 4.78 is 0. The van der Waals surface area contributed by atoms with Crippen molar-refractivity contribution in [2.75, 3.05) is 5.43 Å². The number of hydrazine groups is 1. The van der Waals surface area contributed by atoms with Gasteiger partial charge < -0.3 is 5.43 Å². The van der Waals surface area contributed by atoms with Crippen LogP contribution in [0.15, 0.2) is 0 Å². The number of thioether (sulfide) groups is 1. The smallest absolute Gasteiger partial charge is 0.152 e. The molecule has 0 saturated carbocycles. The molecule has 3 rings (SSSR count). The molecule has 1 aliphatic carbocycles. The summed E-state index contributed by atoms with van der Waals surface area (Å²) in [5.41, 5.74) is 4.22. The molecule has 0 spiro atoms. The Hall–Kier alpha value is -0.850. The molecule has 114 valence electrons. The van der Waals surface area contributed by atoms with Crippen LogP contribution in [0.2, 0.25) is 0 Å². The van der Waals surface area contributed by atoms with E-state index in [0.29, 0.717) is 5.25 Å².